The summed E-state index contributed by atoms with van der Waals surface area (Å²) in [6.45, 7) is 6.38. The number of carbonyl (C=O) groups is 1. The van der Waals surface area contributed by atoms with E-state index in [1.165, 1.54) is 15.7 Å². The van der Waals surface area contributed by atoms with Crippen LogP contribution in [0.4, 0.5) is 11.5 Å². The molecule has 0 spiro atoms. The van der Waals surface area contributed by atoms with Crippen molar-refractivity contribution in [3.8, 4) is 5.69 Å². The van der Waals surface area contributed by atoms with Crippen LogP contribution in [0.1, 0.15) is 55.6 Å². The maximum Gasteiger partial charge on any atom is 0.330 e. The number of aromatic nitrogens is 4. The van der Waals surface area contributed by atoms with E-state index < -0.39 is 17.2 Å². The number of hydrogen-bond donors (Lipinski definition) is 2. The molecule has 33 heavy (non-hydrogen) atoms. The highest BCUT2D eigenvalue weighted by Crippen LogP contribution is 2.23. The zero-order valence-corrected chi connectivity index (χ0v) is 19.9. The summed E-state index contributed by atoms with van der Waals surface area (Å²) < 4.78 is 2.93. The summed E-state index contributed by atoms with van der Waals surface area (Å²) in [5.74, 6) is -0.423. The first-order valence-electron chi connectivity index (χ1n) is 11.0. The molecule has 3 aromatic rings. The Morgan fingerprint density at radius 1 is 1.21 bits per heavy atom. The maximum absolute atomic E-state index is 13.6. The Morgan fingerprint density at radius 2 is 1.94 bits per heavy atom. The van der Waals surface area contributed by atoms with Crippen molar-refractivity contribution in [2.24, 2.45) is 0 Å². The Hall–Kier alpha value is -3.33. The molecular formula is C23H29ClN6O3. The number of rotatable bonds is 9. The number of benzene rings is 1. The van der Waals surface area contributed by atoms with Crippen LogP contribution < -0.4 is 21.9 Å². The summed E-state index contributed by atoms with van der Waals surface area (Å²) in [5, 5.41) is 4.91. The number of nitrogens with one attached hydrogen (secondary N) is 1. The van der Waals surface area contributed by atoms with Crippen molar-refractivity contribution in [3.05, 3.63) is 67.6 Å². The van der Waals surface area contributed by atoms with Gasteiger partial charge in [0.05, 0.1) is 23.1 Å². The Bertz CT molecular complexity index is 1260. The second-order valence-electron chi connectivity index (χ2n) is 7.84. The van der Waals surface area contributed by atoms with Crippen LogP contribution in [-0.4, -0.2) is 31.8 Å². The third-order valence-corrected chi connectivity index (χ3v) is 5.73. The molecule has 176 valence electrons. The lowest BCUT2D eigenvalue weighted by Gasteiger charge is -2.24. The molecule has 0 saturated carbocycles. The van der Waals surface area contributed by atoms with Gasteiger partial charge in [-0.2, -0.15) is 5.10 Å². The fraction of sp³-hybridized carbons (Fsp3) is 0.391. The number of carbonyl (C=O) groups excluding carboxylic acids is 1. The van der Waals surface area contributed by atoms with Crippen LogP contribution in [0.15, 0.2) is 40.1 Å². The van der Waals surface area contributed by atoms with E-state index in [0.717, 1.165) is 12.8 Å². The molecule has 0 aliphatic heterocycles. The van der Waals surface area contributed by atoms with Crippen molar-refractivity contribution in [1.82, 2.24) is 19.3 Å². The highest BCUT2D eigenvalue weighted by atomic mass is 35.5. The fourth-order valence-corrected chi connectivity index (χ4v) is 3.83. The van der Waals surface area contributed by atoms with Gasteiger partial charge in [0.15, 0.2) is 5.69 Å². The van der Waals surface area contributed by atoms with Gasteiger partial charge in [-0.05, 0) is 38.0 Å². The molecule has 0 radical (unpaired) electrons. The first-order chi connectivity index (χ1) is 15.8. The van der Waals surface area contributed by atoms with Gasteiger partial charge in [0.1, 0.15) is 5.82 Å². The van der Waals surface area contributed by atoms with E-state index in [4.69, 9.17) is 17.3 Å². The maximum atomic E-state index is 13.6. The van der Waals surface area contributed by atoms with Crippen LogP contribution in [0.5, 0.6) is 0 Å². The number of aromatic amines is 1. The second kappa shape index (κ2) is 10.5. The van der Waals surface area contributed by atoms with Gasteiger partial charge in [-0.3, -0.25) is 19.1 Å². The van der Waals surface area contributed by atoms with Gasteiger partial charge in [-0.15, -0.1) is 0 Å². The van der Waals surface area contributed by atoms with E-state index in [0.29, 0.717) is 41.4 Å². The Labute approximate surface area is 196 Å². The predicted molar refractivity (Wildman–Crippen MR) is 131 cm³/mol. The lowest BCUT2D eigenvalue weighted by molar-refractivity contribution is 0.0985. The third kappa shape index (κ3) is 5.03. The van der Waals surface area contributed by atoms with Crippen molar-refractivity contribution < 1.29 is 4.79 Å². The quantitative estimate of drug-likeness (QED) is 0.493. The SMILES string of the molecule is CCCCN(C(=O)c1cnn(-c2cccc(Cl)c2)c1C)c1c(N)n(CCCC)c(=O)[nH]c1=O. The Balaban J connectivity index is 2.09. The van der Waals surface area contributed by atoms with Crippen LogP contribution >= 0.6 is 11.6 Å². The van der Waals surface area contributed by atoms with Gasteiger partial charge in [0.25, 0.3) is 11.5 Å². The van der Waals surface area contributed by atoms with E-state index in [-0.39, 0.29) is 18.1 Å². The summed E-state index contributed by atoms with van der Waals surface area (Å²) in [6, 6.07) is 7.14. The van der Waals surface area contributed by atoms with Gasteiger partial charge in [-0.1, -0.05) is 44.4 Å². The van der Waals surface area contributed by atoms with Crippen LogP contribution in [0.3, 0.4) is 0 Å². The fourth-order valence-electron chi connectivity index (χ4n) is 3.64. The van der Waals surface area contributed by atoms with Crippen LogP contribution in [0, 0.1) is 6.92 Å². The van der Waals surface area contributed by atoms with Gasteiger partial charge < -0.3 is 10.6 Å². The molecule has 0 atom stereocenters. The molecular weight excluding hydrogens is 444 g/mol. The molecule has 2 aromatic heterocycles. The zero-order valence-electron chi connectivity index (χ0n) is 19.1. The van der Waals surface area contributed by atoms with Gasteiger partial charge in [0, 0.05) is 18.1 Å². The van der Waals surface area contributed by atoms with Crippen LogP contribution in [0.25, 0.3) is 5.69 Å². The van der Waals surface area contributed by atoms with E-state index in [2.05, 4.69) is 10.1 Å². The number of hydrogen-bond acceptors (Lipinski definition) is 5. The highest BCUT2D eigenvalue weighted by Gasteiger charge is 2.27. The Morgan fingerprint density at radius 3 is 2.61 bits per heavy atom. The standard InChI is InChI=1S/C23H29ClN6O3/c1-4-6-11-28(19-20(25)29(12-7-5-2)23(33)27-21(19)31)22(32)18-14-26-30(15(18)3)17-10-8-9-16(24)13-17/h8-10,13-14H,4-7,11-12,25H2,1-3H3,(H,27,31,33). The number of nitrogens with zero attached hydrogens (tertiary/aromatic N) is 4. The van der Waals surface area contributed by atoms with Gasteiger partial charge in [-0.25, -0.2) is 9.48 Å². The second-order valence-corrected chi connectivity index (χ2v) is 8.28. The minimum atomic E-state index is -0.686. The van der Waals surface area contributed by atoms with E-state index in [1.807, 2.05) is 19.9 Å². The number of amides is 1. The summed E-state index contributed by atoms with van der Waals surface area (Å²) in [7, 11) is 0. The van der Waals surface area contributed by atoms with E-state index >= 15 is 0 Å². The number of anilines is 2. The number of nitrogen functional groups attached to an aromatic ring is 1. The molecule has 0 saturated heterocycles. The van der Waals surface area contributed by atoms with Crippen molar-refractivity contribution in [3.63, 3.8) is 0 Å². The van der Waals surface area contributed by atoms with Crippen molar-refractivity contribution in [2.75, 3.05) is 17.2 Å². The Kier molecular flexibility index (Phi) is 7.75. The lowest BCUT2D eigenvalue weighted by Crippen LogP contribution is -2.41. The van der Waals surface area contributed by atoms with E-state index in [9.17, 15) is 14.4 Å². The largest absolute Gasteiger partial charge is 0.383 e. The topological polar surface area (TPSA) is 119 Å². The smallest absolute Gasteiger partial charge is 0.330 e. The molecule has 9 nitrogen and oxygen atoms in total. The number of unbranched alkanes of at least 4 members (excludes halogenated alkanes) is 2. The molecule has 2 heterocycles. The summed E-state index contributed by atoms with van der Waals surface area (Å²) >= 11 is 6.11. The zero-order chi connectivity index (χ0) is 24.1. The van der Waals surface area contributed by atoms with Crippen molar-refractivity contribution >= 4 is 29.0 Å². The molecule has 0 unspecified atom stereocenters. The average Bonchev–Trinajstić information content (AvgIpc) is 3.16. The molecule has 1 aromatic carbocycles. The normalized spacial score (nSPS) is 11.0. The molecule has 0 fully saturated rings. The summed E-state index contributed by atoms with van der Waals surface area (Å²) in [4.78, 5) is 42.5. The molecule has 0 aliphatic carbocycles. The van der Waals surface area contributed by atoms with Crippen LogP contribution in [0.2, 0.25) is 5.02 Å². The van der Waals surface area contributed by atoms with E-state index in [1.54, 1.807) is 29.8 Å². The highest BCUT2D eigenvalue weighted by molar-refractivity contribution is 6.30. The first-order valence-corrected chi connectivity index (χ1v) is 11.4. The first kappa shape index (κ1) is 24.3. The molecule has 0 aliphatic rings. The molecule has 1 amide bonds. The number of nitrogens with two attached hydrogens (primary N) is 1. The minimum absolute atomic E-state index is 0.0125. The lowest BCUT2D eigenvalue weighted by atomic mass is 10.2. The van der Waals surface area contributed by atoms with Gasteiger partial charge >= 0.3 is 5.69 Å². The molecule has 3 rings (SSSR count). The molecule has 3 N–H and O–H groups in total. The molecule has 10 heteroatoms. The predicted octanol–water partition coefficient (Wildman–Crippen LogP) is 3.51. The monoisotopic (exact) mass is 472 g/mol. The number of halogens is 1. The summed E-state index contributed by atoms with van der Waals surface area (Å²) in [6.07, 6.45) is 4.48. The minimum Gasteiger partial charge on any atom is -0.383 e. The van der Waals surface area contributed by atoms with Crippen molar-refractivity contribution in [1.29, 1.82) is 0 Å². The average molecular weight is 473 g/mol. The van der Waals surface area contributed by atoms with Gasteiger partial charge in [0.2, 0.25) is 0 Å². The third-order valence-electron chi connectivity index (χ3n) is 5.49. The summed E-state index contributed by atoms with van der Waals surface area (Å²) in [5.41, 5.74) is 6.64. The number of H-pyrrole nitrogens is 1. The molecule has 0 bridgehead atoms. The van der Waals surface area contributed by atoms with Crippen molar-refractivity contribution in [2.45, 2.75) is 53.0 Å². The van der Waals surface area contributed by atoms with Crippen LogP contribution in [-0.2, 0) is 6.54 Å².